The molecule has 0 saturated carbocycles. The van der Waals surface area contributed by atoms with Crippen LogP contribution in [0.3, 0.4) is 0 Å². The van der Waals surface area contributed by atoms with Crippen LogP contribution in [0.5, 0.6) is 5.75 Å². The lowest BCUT2D eigenvalue weighted by Gasteiger charge is -2.06. The van der Waals surface area contributed by atoms with Gasteiger partial charge in [-0.1, -0.05) is 30.3 Å². The van der Waals surface area contributed by atoms with E-state index in [4.69, 9.17) is 10.7 Å². The molecule has 0 aromatic heterocycles. The van der Waals surface area contributed by atoms with Gasteiger partial charge in [-0.25, -0.2) is 8.42 Å². The van der Waals surface area contributed by atoms with Gasteiger partial charge in [-0.2, -0.15) is 0 Å². The molecular formula is C12H9ClO3S. The third-order valence-corrected chi connectivity index (χ3v) is 3.69. The van der Waals surface area contributed by atoms with Crippen LogP contribution in [-0.4, -0.2) is 13.5 Å². The number of halogens is 1. The number of hydrogen-bond donors (Lipinski definition) is 1. The van der Waals surface area contributed by atoms with Gasteiger partial charge in [-0.3, -0.25) is 0 Å². The predicted molar refractivity (Wildman–Crippen MR) is 66.6 cm³/mol. The molecule has 0 aliphatic carbocycles. The van der Waals surface area contributed by atoms with Gasteiger partial charge in [0.2, 0.25) is 0 Å². The molecule has 2 aromatic rings. The van der Waals surface area contributed by atoms with Crippen molar-refractivity contribution in [2.45, 2.75) is 4.90 Å². The van der Waals surface area contributed by atoms with E-state index < -0.39 is 9.05 Å². The lowest BCUT2D eigenvalue weighted by Crippen LogP contribution is -1.91. The van der Waals surface area contributed by atoms with Gasteiger partial charge < -0.3 is 5.11 Å². The molecule has 2 rings (SSSR count). The Labute approximate surface area is 104 Å². The summed E-state index contributed by atoms with van der Waals surface area (Å²) in [5.41, 5.74) is 1.17. The highest BCUT2D eigenvalue weighted by Crippen LogP contribution is 2.31. The quantitative estimate of drug-likeness (QED) is 0.852. The van der Waals surface area contributed by atoms with Crippen molar-refractivity contribution in [3.05, 3.63) is 48.5 Å². The molecule has 88 valence electrons. The van der Waals surface area contributed by atoms with Crippen molar-refractivity contribution in [1.29, 1.82) is 0 Å². The van der Waals surface area contributed by atoms with E-state index in [1.54, 1.807) is 24.3 Å². The van der Waals surface area contributed by atoms with Crippen LogP contribution in [0.25, 0.3) is 11.1 Å². The summed E-state index contributed by atoms with van der Waals surface area (Å²) >= 11 is 0. The van der Waals surface area contributed by atoms with Gasteiger partial charge in [0.05, 0.1) is 4.90 Å². The highest BCUT2D eigenvalue weighted by Gasteiger charge is 2.13. The Bertz CT molecular complexity index is 636. The van der Waals surface area contributed by atoms with Crippen molar-refractivity contribution in [3.63, 3.8) is 0 Å². The van der Waals surface area contributed by atoms with E-state index in [1.807, 2.05) is 6.07 Å². The molecule has 0 aliphatic rings. The van der Waals surface area contributed by atoms with E-state index in [0.717, 1.165) is 5.56 Å². The molecule has 0 atom stereocenters. The first-order valence-corrected chi connectivity index (χ1v) is 7.12. The van der Waals surface area contributed by atoms with Crippen molar-refractivity contribution in [2.75, 3.05) is 0 Å². The molecule has 3 nitrogen and oxygen atoms in total. The first kappa shape index (κ1) is 12.0. The fraction of sp³-hybridized carbons (Fsp3) is 0. The van der Waals surface area contributed by atoms with Crippen LogP contribution in [0.15, 0.2) is 53.4 Å². The summed E-state index contributed by atoms with van der Waals surface area (Å²) in [6.45, 7) is 0. The molecule has 0 amide bonds. The predicted octanol–water partition coefficient (Wildman–Crippen LogP) is 2.99. The molecule has 0 saturated heterocycles. The molecule has 0 aliphatic heterocycles. The first-order valence-electron chi connectivity index (χ1n) is 4.81. The second-order valence-corrected chi connectivity index (χ2v) is 6.05. The molecule has 0 heterocycles. The van der Waals surface area contributed by atoms with E-state index in [-0.39, 0.29) is 10.6 Å². The maximum Gasteiger partial charge on any atom is 0.261 e. The number of phenols is 1. The van der Waals surface area contributed by atoms with Crippen LogP contribution in [0.2, 0.25) is 0 Å². The van der Waals surface area contributed by atoms with E-state index in [9.17, 15) is 13.5 Å². The van der Waals surface area contributed by atoms with Crippen LogP contribution >= 0.6 is 10.7 Å². The lowest BCUT2D eigenvalue weighted by molar-refractivity contribution is 0.477. The molecule has 0 radical (unpaired) electrons. The molecule has 0 unspecified atom stereocenters. The van der Waals surface area contributed by atoms with E-state index in [1.165, 1.54) is 18.2 Å². The van der Waals surface area contributed by atoms with Gasteiger partial charge in [-0.15, -0.1) is 0 Å². The fourth-order valence-electron chi connectivity index (χ4n) is 1.52. The zero-order valence-corrected chi connectivity index (χ0v) is 10.2. The Morgan fingerprint density at radius 1 is 1.00 bits per heavy atom. The van der Waals surface area contributed by atoms with Crippen LogP contribution in [0, 0.1) is 0 Å². The molecule has 0 bridgehead atoms. The number of rotatable bonds is 2. The largest absolute Gasteiger partial charge is 0.507 e. The van der Waals surface area contributed by atoms with Gasteiger partial charge in [0, 0.05) is 16.2 Å². The van der Waals surface area contributed by atoms with E-state index >= 15 is 0 Å². The zero-order chi connectivity index (χ0) is 12.5. The molecule has 1 N–H and O–H groups in total. The van der Waals surface area contributed by atoms with Crippen molar-refractivity contribution in [2.24, 2.45) is 0 Å². The van der Waals surface area contributed by atoms with Crippen molar-refractivity contribution >= 4 is 19.7 Å². The zero-order valence-electron chi connectivity index (χ0n) is 8.67. The summed E-state index contributed by atoms with van der Waals surface area (Å²) < 4.78 is 22.4. The monoisotopic (exact) mass is 268 g/mol. The summed E-state index contributed by atoms with van der Waals surface area (Å²) in [7, 11) is 1.47. The number of aromatic hydroxyl groups is 1. The topological polar surface area (TPSA) is 54.4 Å². The smallest absolute Gasteiger partial charge is 0.261 e. The minimum atomic E-state index is -3.79. The summed E-state index contributed by atoms with van der Waals surface area (Å²) in [5, 5.41) is 9.72. The molecular weight excluding hydrogens is 260 g/mol. The molecule has 0 spiro atoms. The van der Waals surface area contributed by atoms with Crippen LogP contribution in [0.4, 0.5) is 0 Å². The highest BCUT2D eigenvalue weighted by molar-refractivity contribution is 8.13. The first-order chi connectivity index (χ1) is 7.98. The SMILES string of the molecule is O=S(=O)(Cl)c1ccc(O)c(-c2ccccc2)c1. The molecule has 2 aromatic carbocycles. The maximum absolute atomic E-state index is 11.2. The number of phenolic OH excluding ortho intramolecular Hbond substituents is 1. The Kier molecular flexibility index (Phi) is 3.09. The standard InChI is InChI=1S/C12H9ClO3S/c13-17(15,16)10-6-7-12(14)11(8-10)9-4-2-1-3-5-9/h1-8,14H. The summed E-state index contributed by atoms with van der Waals surface area (Å²) in [6.07, 6.45) is 0. The summed E-state index contributed by atoms with van der Waals surface area (Å²) in [5.74, 6) is 0.0141. The minimum absolute atomic E-state index is 0.0141. The van der Waals surface area contributed by atoms with Gasteiger partial charge in [0.25, 0.3) is 9.05 Å². The fourth-order valence-corrected chi connectivity index (χ4v) is 2.29. The molecule has 5 heteroatoms. The third-order valence-electron chi connectivity index (χ3n) is 2.33. The maximum atomic E-state index is 11.2. The highest BCUT2D eigenvalue weighted by atomic mass is 35.7. The number of benzene rings is 2. The van der Waals surface area contributed by atoms with Gasteiger partial charge in [-0.05, 0) is 23.8 Å². The van der Waals surface area contributed by atoms with E-state index in [2.05, 4.69) is 0 Å². The van der Waals surface area contributed by atoms with Crippen LogP contribution in [-0.2, 0) is 9.05 Å². The average molecular weight is 269 g/mol. The number of hydrogen-bond acceptors (Lipinski definition) is 3. The Morgan fingerprint density at radius 2 is 1.65 bits per heavy atom. The second kappa shape index (κ2) is 4.39. The molecule has 0 fully saturated rings. The summed E-state index contributed by atoms with van der Waals surface area (Å²) in [6, 6.07) is 12.9. The van der Waals surface area contributed by atoms with Crippen LogP contribution in [0.1, 0.15) is 0 Å². The van der Waals surface area contributed by atoms with Crippen molar-refractivity contribution in [3.8, 4) is 16.9 Å². The average Bonchev–Trinajstić information content (AvgIpc) is 2.29. The van der Waals surface area contributed by atoms with Gasteiger partial charge >= 0.3 is 0 Å². The molecule has 17 heavy (non-hydrogen) atoms. The van der Waals surface area contributed by atoms with Crippen molar-refractivity contribution in [1.82, 2.24) is 0 Å². The second-order valence-electron chi connectivity index (χ2n) is 3.48. The van der Waals surface area contributed by atoms with Crippen molar-refractivity contribution < 1.29 is 13.5 Å². The Hall–Kier alpha value is -1.52. The Morgan fingerprint density at radius 3 is 2.24 bits per heavy atom. The Balaban J connectivity index is 2.63. The van der Waals surface area contributed by atoms with Gasteiger partial charge in [0.15, 0.2) is 0 Å². The normalized spacial score (nSPS) is 11.4. The van der Waals surface area contributed by atoms with Gasteiger partial charge in [0.1, 0.15) is 5.75 Å². The van der Waals surface area contributed by atoms with E-state index in [0.29, 0.717) is 5.56 Å². The lowest BCUT2D eigenvalue weighted by atomic mass is 10.1. The third kappa shape index (κ3) is 2.60. The summed E-state index contributed by atoms with van der Waals surface area (Å²) in [4.78, 5) is -0.0316. The minimum Gasteiger partial charge on any atom is -0.507 e. The van der Waals surface area contributed by atoms with Crippen LogP contribution < -0.4 is 0 Å².